The quantitative estimate of drug-likeness (QED) is 0.0723. The first kappa shape index (κ1) is 36.2. The van der Waals surface area contributed by atoms with Crippen molar-refractivity contribution in [2.75, 3.05) is 32.7 Å². The standard InChI is InChI=1S/C34H68N2O/c1-5-9-13-14-15-16-17-18-19-20-21-22-23-24-25-28-34(37)36(32-12-8-4)33-27-26-31-35(29-10-6-2)30-11-7-3/h18-19H,5-17,20-33H2,1-4H3/b19-18-. The van der Waals surface area contributed by atoms with Crippen LogP contribution < -0.4 is 0 Å². The molecular weight excluding hydrogens is 452 g/mol. The molecule has 3 nitrogen and oxygen atoms in total. The van der Waals surface area contributed by atoms with Crippen molar-refractivity contribution in [2.24, 2.45) is 0 Å². The first-order chi connectivity index (χ1) is 18.2. The highest BCUT2D eigenvalue weighted by Gasteiger charge is 2.13. The summed E-state index contributed by atoms with van der Waals surface area (Å²) in [5, 5.41) is 0. The molecule has 0 atom stereocenters. The Labute approximate surface area is 234 Å². The van der Waals surface area contributed by atoms with E-state index in [2.05, 4.69) is 49.6 Å². The normalized spacial score (nSPS) is 11.7. The van der Waals surface area contributed by atoms with Gasteiger partial charge >= 0.3 is 0 Å². The van der Waals surface area contributed by atoms with Crippen LogP contribution in [0.25, 0.3) is 0 Å². The fourth-order valence-electron chi connectivity index (χ4n) is 4.95. The smallest absolute Gasteiger partial charge is 0.222 e. The summed E-state index contributed by atoms with van der Waals surface area (Å²) in [6.45, 7) is 14.7. The van der Waals surface area contributed by atoms with Gasteiger partial charge in [-0.05, 0) is 83.8 Å². The van der Waals surface area contributed by atoms with Gasteiger partial charge in [0, 0.05) is 19.5 Å². The van der Waals surface area contributed by atoms with Crippen molar-refractivity contribution in [3.05, 3.63) is 12.2 Å². The maximum absolute atomic E-state index is 12.9. The summed E-state index contributed by atoms with van der Waals surface area (Å²) in [6.07, 6.45) is 32.4. The second-order valence-electron chi connectivity index (χ2n) is 11.3. The molecule has 0 heterocycles. The van der Waals surface area contributed by atoms with Crippen LogP contribution >= 0.6 is 0 Å². The molecular formula is C34H68N2O. The molecule has 0 radical (unpaired) electrons. The van der Waals surface area contributed by atoms with E-state index in [0.717, 1.165) is 38.8 Å². The minimum atomic E-state index is 0.403. The monoisotopic (exact) mass is 521 g/mol. The maximum atomic E-state index is 12.9. The number of rotatable bonds is 29. The molecule has 0 aromatic rings. The van der Waals surface area contributed by atoms with Gasteiger partial charge in [0.05, 0.1) is 0 Å². The SMILES string of the molecule is CCCCCCCC/C=C\CCCCCCCC(=O)N(CCCC)CCCCN(CCCC)CCCC. The number of unbranched alkanes of at least 4 members (excludes halogenated alkanes) is 15. The fraction of sp³-hybridized carbons (Fsp3) is 0.912. The van der Waals surface area contributed by atoms with Crippen LogP contribution in [0.3, 0.4) is 0 Å². The highest BCUT2D eigenvalue weighted by molar-refractivity contribution is 5.76. The number of nitrogens with zero attached hydrogens (tertiary/aromatic N) is 2. The number of amides is 1. The van der Waals surface area contributed by atoms with E-state index < -0.39 is 0 Å². The molecule has 0 aromatic carbocycles. The van der Waals surface area contributed by atoms with Gasteiger partial charge in [-0.1, -0.05) is 110 Å². The Morgan fingerprint density at radius 2 is 0.865 bits per heavy atom. The molecule has 220 valence electrons. The molecule has 0 N–H and O–H groups in total. The molecule has 0 aliphatic rings. The van der Waals surface area contributed by atoms with E-state index in [1.807, 2.05) is 0 Å². The van der Waals surface area contributed by atoms with E-state index in [1.165, 1.54) is 135 Å². The number of carbonyl (C=O) groups is 1. The molecule has 37 heavy (non-hydrogen) atoms. The lowest BCUT2D eigenvalue weighted by Gasteiger charge is -2.25. The highest BCUT2D eigenvalue weighted by atomic mass is 16.2. The van der Waals surface area contributed by atoms with Crippen molar-refractivity contribution in [2.45, 2.75) is 169 Å². The molecule has 0 bridgehead atoms. The van der Waals surface area contributed by atoms with E-state index in [-0.39, 0.29) is 0 Å². The predicted octanol–water partition coefficient (Wildman–Crippen LogP) is 10.3. The van der Waals surface area contributed by atoms with Gasteiger partial charge in [-0.3, -0.25) is 4.79 Å². The van der Waals surface area contributed by atoms with Gasteiger partial charge < -0.3 is 9.80 Å². The summed E-state index contributed by atoms with van der Waals surface area (Å²) in [7, 11) is 0. The lowest BCUT2D eigenvalue weighted by atomic mass is 10.1. The molecule has 3 heteroatoms. The minimum absolute atomic E-state index is 0.403. The molecule has 0 aromatic heterocycles. The highest BCUT2D eigenvalue weighted by Crippen LogP contribution is 2.12. The van der Waals surface area contributed by atoms with E-state index in [4.69, 9.17) is 0 Å². The lowest BCUT2D eigenvalue weighted by molar-refractivity contribution is -0.131. The zero-order chi connectivity index (χ0) is 27.2. The first-order valence-electron chi connectivity index (χ1n) is 16.8. The molecule has 0 aliphatic heterocycles. The Hall–Kier alpha value is -0.830. The maximum Gasteiger partial charge on any atom is 0.222 e. The molecule has 0 saturated heterocycles. The summed E-state index contributed by atoms with van der Waals surface area (Å²) in [4.78, 5) is 17.7. The van der Waals surface area contributed by atoms with Crippen LogP contribution in [0.15, 0.2) is 12.2 Å². The Bertz CT molecular complexity index is 482. The zero-order valence-corrected chi connectivity index (χ0v) is 26.0. The Morgan fingerprint density at radius 1 is 0.459 bits per heavy atom. The fourth-order valence-corrected chi connectivity index (χ4v) is 4.95. The molecule has 1 amide bonds. The van der Waals surface area contributed by atoms with Crippen molar-refractivity contribution < 1.29 is 4.79 Å². The van der Waals surface area contributed by atoms with Crippen molar-refractivity contribution in [3.63, 3.8) is 0 Å². The third-order valence-corrected chi connectivity index (χ3v) is 7.59. The van der Waals surface area contributed by atoms with Gasteiger partial charge in [-0.25, -0.2) is 0 Å². The molecule has 0 fully saturated rings. The van der Waals surface area contributed by atoms with E-state index in [0.29, 0.717) is 5.91 Å². The number of carbonyl (C=O) groups excluding carboxylic acids is 1. The zero-order valence-electron chi connectivity index (χ0n) is 26.0. The molecule has 0 aliphatic carbocycles. The number of hydrogen-bond donors (Lipinski definition) is 0. The predicted molar refractivity (Wildman–Crippen MR) is 166 cm³/mol. The summed E-state index contributed by atoms with van der Waals surface area (Å²) >= 11 is 0. The number of allylic oxidation sites excluding steroid dienone is 2. The Balaban J connectivity index is 3.92. The van der Waals surface area contributed by atoms with E-state index in [9.17, 15) is 4.79 Å². The van der Waals surface area contributed by atoms with Gasteiger partial charge in [0.1, 0.15) is 0 Å². The third kappa shape index (κ3) is 25.2. The van der Waals surface area contributed by atoms with Gasteiger partial charge in [-0.15, -0.1) is 0 Å². The lowest BCUT2D eigenvalue weighted by Crippen LogP contribution is -2.33. The topological polar surface area (TPSA) is 23.6 Å². The second-order valence-corrected chi connectivity index (χ2v) is 11.3. The van der Waals surface area contributed by atoms with Crippen molar-refractivity contribution in [3.8, 4) is 0 Å². The van der Waals surface area contributed by atoms with Crippen LogP contribution in [0.2, 0.25) is 0 Å². The largest absolute Gasteiger partial charge is 0.343 e. The molecule has 0 saturated carbocycles. The van der Waals surface area contributed by atoms with Crippen molar-refractivity contribution >= 4 is 5.91 Å². The summed E-state index contributed by atoms with van der Waals surface area (Å²) in [5.74, 6) is 0.403. The number of hydrogen-bond acceptors (Lipinski definition) is 2. The summed E-state index contributed by atoms with van der Waals surface area (Å²) in [5.41, 5.74) is 0. The van der Waals surface area contributed by atoms with E-state index in [1.54, 1.807) is 0 Å². The van der Waals surface area contributed by atoms with Crippen LogP contribution in [0.4, 0.5) is 0 Å². The Morgan fingerprint density at radius 3 is 1.43 bits per heavy atom. The van der Waals surface area contributed by atoms with Gasteiger partial charge in [0.15, 0.2) is 0 Å². The van der Waals surface area contributed by atoms with Crippen LogP contribution in [-0.4, -0.2) is 48.4 Å². The minimum Gasteiger partial charge on any atom is -0.343 e. The molecule has 0 unspecified atom stereocenters. The van der Waals surface area contributed by atoms with Crippen LogP contribution in [0.5, 0.6) is 0 Å². The Kier molecular flexibility index (Phi) is 29.1. The van der Waals surface area contributed by atoms with Crippen LogP contribution in [0.1, 0.15) is 169 Å². The van der Waals surface area contributed by atoms with E-state index >= 15 is 0 Å². The van der Waals surface area contributed by atoms with Crippen LogP contribution in [0, 0.1) is 0 Å². The second kappa shape index (κ2) is 29.7. The van der Waals surface area contributed by atoms with Gasteiger partial charge in [0.2, 0.25) is 5.91 Å². The average molecular weight is 521 g/mol. The molecule has 0 rings (SSSR count). The van der Waals surface area contributed by atoms with Gasteiger partial charge in [-0.2, -0.15) is 0 Å². The van der Waals surface area contributed by atoms with Gasteiger partial charge in [0.25, 0.3) is 0 Å². The third-order valence-electron chi connectivity index (χ3n) is 7.59. The molecule has 0 spiro atoms. The van der Waals surface area contributed by atoms with Crippen LogP contribution in [-0.2, 0) is 4.79 Å². The summed E-state index contributed by atoms with van der Waals surface area (Å²) in [6, 6.07) is 0. The van der Waals surface area contributed by atoms with Crippen molar-refractivity contribution in [1.29, 1.82) is 0 Å². The average Bonchev–Trinajstić information content (AvgIpc) is 2.91. The first-order valence-corrected chi connectivity index (χ1v) is 16.8. The van der Waals surface area contributed by atoms with Crippen molar-refractivity contribution in [1.82, 2.24) is 9.80 Å². The summed E-state index contributed by atoms with van der Waals surface area (Å²) < 4.78 is 0.